The van der Waals surface area contributed by atoms with E-state index in [1.165, 1.54) is 0 Å². The Morgan fingerprint density at radius 3 is 0.586 bits per heavy atom. The van der Waals surface area contributed by atoms with E-state index in [-0.39, 0.29) is 281 Å². The summed E-state index contributed by atoms with van der Waals surface area (Å²) in [6, 6.07) is 0. The van der Waals surface area contributed by atoms with Gasteiger partial charge in [-0.15, -0.1) is 0 Å². The molecule has 0 aliphatic carbocycles. The van der Waals surface area contributed by atoms with Crippen LogP contribution >= 0.6 is 59.0 Å². The average Bonchev–Trinajstić information content (AvgIpc) is 2.08. The van der Waals surface area contributed by atoms with Crippen LogP contribution in [0.1, 0.15) is 0 Å². The molecule has 29 heteroatoms. The third-order valence-electron chi connectivity index (χ3n) is 0.444. The van der Waals surface area contributed by atoms with Crippen molar-refractivity contribution < 1.29 is 274 Å². The zero-order valence-electron chi connectivity index (χ0n) is 14.4. The fourth-order valence-electron chi connectivity index (χ4n) is 0.159. The van der Waals surface area contributed by atoms with Crippen molar-refractivity contribution in [1.29, 1.82) is 0 Å². The molecule has 29 heavy (non-hydrogen) atoms. The zero-order chi connectivity index (χ0) is 18.2. The summed E-state index contributed by atoms with van der Waals surface area (Å²) in [5, 5.41) is 0. The minimum Gasteiger partial charge on any atom is -0.870 e. The second-order valence-electron chi connectivity index (χ2n) is 2.04. The van der Waals surface area contributed by atoms with Crippen LogP contribution in [0.2, 0.25) is 0 Å². The fraction of sp³-hybridized carbons (Fsp3) is 0. The number of rotatable bonds is 8. The van der Waals surface area contributed by atoms with E-state index in [1.807, 2.05) is 0 Å². The van der Waals surface area contributed by atoms with Crippen LogP contribution in [0.25, 0.3) is 0 Å². The van der Waals surface area contributed by atoms with E-state index in [0.29, 0.717) is 0 Å². The average molecular weight is 721 g/mol. The molecule has 0 aromatic rings. The number of hydrogen-bond acceptors (Lipinski definition) is 20. The van der Waals surface area contributed by atoms with Crippen molar-refractivity contribution in [3.63, 3.8) is 0 Å². The van der Waals surface area contributed by atoms with Gasteiger partial charge in [-0.25, -0.2) is 33.7 Å². The Morgan fingerprint density at radius 2 is 0.517 bits per heavy atom. The quantitative estimate of drug-likeness (QED) is 0.128. The first-order valence-electron chi connectivity index (χ1n) is 3.33. The van der Waals surface area contributed by atoms with E-state index < -0.39 is 36.6 Å². The van der Waals surface area contributed by atoms with Crippen molar-refractivity contribution in [1.82, 2.24) is 0 Å². The van der Waals surface area contributed by atoms with Crippen molar-refractivity contribution in [3.8, 4) is 0 Å². The molecule has 15 nitrogen and oxygen atoms in total. The summed E-state index contributed by atoms with van der Waals surface area (Å²) in [7, 11) is -18.9. The summed E-state index contributed by atoms with van der Waals surface area (Å²) in [5.41, 5.74) is 0. The molecule has 0 fully saturated rings. The Bertz CT molecular complexity index is 605. The van der Waals surface area contributed by atoms with Crippen LogP contribution in [0.15, 0.2) is 0 Å². The van der Waals surface area contributed by atoms with E-state index in [1.54, 1.807) is 0 Å². The molecule has 0 amide bonds. The van der Waals surface area contributed by atoms with Gasteiger partial charge in [0.1, 0.15) is 0 Å². The molecule has 0 saturated carbocycles. The molecular formula is H4K4O15S10-2. The summed E-state index contributed by atoms with van der Waals surface area (Å²) in [6.45, 7) is 0. The normalized spacial score (nSPS) is 10.1. The van der Waals surface area contributed by atoms with E-state index >= 15 is 0 Å². The van der Waals surface area contributed by atoms with Gasteiger partial charge in [-0.2, -0.15) is 0 Å². The van der Waals surface area contributed by atoms with E-state index in [9.17, 15) is 51.9 Å². The third kappa shape index (κ3) is 72.3. The number of hydrogen-bond donors (Lipinski definition) is 0. The van der Waals surface area contributed by atoms with Crippen LogP contribution in [0, 0.1) is 0 Å². The summed E-state index contributed by atoms with van der Waals surface area (Å²) in [6.07, 6.45) is 0. The molecule has 0 bridgehead atoms. The van der Waals surface area contributed by atoms with E-state index in [0.717, 1.165) is 0 Å². The van der Waals surface area contributed by atoms with Crippen LogP contribution in [-0.4, -0.2) is 68.3 Å². The second kappa shape index (κ2) is 30.7. The van der Waals surface area contributed by atoms with Gasteiger partial charge < -0.3 is 34.6 Å². The molecular weight excluding hydrogens is 717 g/mol. The molecule has 0 aliphatic heterocycles. The molecule has 160 valence electrons. The molecule has 0 atom stereocenters. The molecule has 0 saturated heterocycles. The summed E-state index contributed by atoms with van der Waals surface area (Å²) in [5.74, 6) is 0. The van der Waals surface area contributed by atoms with Crippen molar-refractivity contribution in [2.45, 2.75) is 0 Å². The standard InChI is InChI=1S/4K.2H2O6S5.3H2O/c;;;;2*1-10(2,3)8-7-9-11(4,5)6;;;/h;;;;2*(H,1,2,3)(H,4,5,6);3*1H2/q4*+1;;;;;/p-6. The largest absolute Gasteiger partial charge is 1.00 e. The topological polar surface area (TPSA) is 320 Å². The summed E-state index contributed by atoms with van der Waals surface area (Å²) >= 11 is 0. The van der Waals surface area contributed by atoms with Gasteiger partial charge in [-0.1, -0.05) is 0 Å². The Hall–Kier alpha value is 8.17. The minimum atomic E-state index is -4.54. The Kier molecular flexibility index (Phi) is 64.9. The maximum atomic E-state index is 9.79. The van der Waals surface area contributed by atoms with Crippen LogP contribution in [0.3, 0.4) is 0 Å². The van der Waals surface area contributed by atoms with Gasteiger partial charge in [0.2, 0.25) is 0 Å². The van der Waals surface area contributed by atoms with Crippen molar-refractivity contribution in [3.05, 3.63) is 0 Å². The minimum absolute atomic E-state index is 0. The Morgan fingerprint density at radius 1 is 0.414 bits per heavy atom. The van der Waals surface area contributed by atoms with Gasteiger partial charge in [0.25, 0.3) is 0 Å². The smallest absolute Gasteiger partial charge is 0.870 e. The molecule has 0 rings (SSSR count). The Balaban J connectivity index is -0.0000000317. The van der Waals surface area contributed by atoms with Crippen LogP contribution < -0.4 is 206 Å². The van der Waals surface area contributed by atoms with Gasteiger partial charge >= 0.3 is 206 Å². The van der Waals surface area contributed by atoms with Crippen LogP contribution in [-0.2, 0) is 36.6 Å². The first-order chi connectivity index (χ1) is 9.41. The molecule has 4 N–H and O–H groups in total. The summed E-state index contributed by atoms with van der Waals surface area (Å²) < 4.78 is 118. The summed E-state index contributed by atoms with van der Waals surface area (Å²) in [4.78, 5) is 0. The van der Waals surface area contributed by atoms with E-state index in [4.69, 9.17) is 0 Å². The predicted octanol–water partition coefficient (Wildman–Crippen LogP) is -13.3. The monoisotopic (exact) mass is 720 g/mol. The molecule has 0 heterocycles. The second-order valence-corrected chi connectivity index (χ2v) is 20.8. The molecule has 0 radical (unpaired) electrons. The third-order valence-corrected chi connectivity index (χ3v) is 18.0. The fourth-order valence-corrected chi connectivity index (χ4v) is 16.5. The predicted molar refractivity (Wildman–Crippen MR) is 91.8 cm³/mol. The first-order valence-corrected chi connectivity index (χ1v) is 18.0. The maximum absolute atomic E-state index is 9.79. The molecule has 0 spiro atoms. The zero-order valence-corrected chi connectivity index (χ0v) is 35.0. The van der Waals surface area contributed by atoms with Crippen molar-refractivity contribution >= 4 is 95.6 Å². The maximum Gasteiger partial charge on any atom is 1.00 e. The van der Waals surface area contributed by atoms with Gasteiger partial charge in [0.05, 0.1) is 0 Å². The van der Waals surface area contributed by atoms with Gasteiger partial charge in [0, 0.05) is 59.0 Å². The van der Waals surface area contributed by atoms with Crippen molar-refractivity contribution in [2.24, 2.45) is 0 Å². The SMILES string of the molecule is O.O=S(=O)([O-])SSSS(=O)(=O)[O-].O=S(=O)([O-])SSSS(=O)(=O)[O-].[K+].[K+].[K+].[K+].[OH-].[OH-]. The van der Waals surface area contributed by atoms with Gasteiger partial charge in [0.15, 0.2) is 36.6 Å². The van der Waals surface area contributed by atoms with Crippen LogP contribution in [0.4, 0.5) is 0 Å². The van der Waals surface area contributed by atoms with E-state index in [2.05, 4.69) is 0 Å². The van der Waals surface area contributed by atoms with Gasteiger partial charge in [-0.3, -0.25) is 0 Å². The molecule has 0 aromatic carbocycles. The molecule has 0 aliphatic rings. The van der Waals surface area contributed by atoms with Crippen LogP contribution in [0.5, 0.6) is 0 Å². The molecule has 0 aromatic heterocycles. The van der Waals surface area contributed by atoms with Gasteiger partial charge in [-0.05, 0) is 0 Å². The molecule has 0 unspecified atom stereocenters. The Labute approximate surface area is 358 Å². The van der Waals surface area contributed by atoms with Crippen molar-refractivity contribution in [2.75, 3.05) is 0 Å². The first kappa shape index (κ1) is 61.3.